The number of anilines is 1. The van der Waals surface area contributed by atoms with Crippen LogP contribution < -0.4 is 10.1 Å². The molecule has 5 nitrogen and oxygen atoms in total. The molecule has 6 heteroatoms. The topological polar surface area (TPSA) is 44.8 Å². The molecule has 1 aliphatic heterocycles. The maximum atomic E-state index is 12.1. The van der Waals surface area contributed by atoms with Crippen LogP contribution in [0.25, 0.3) is 0 Å². The van der Waals surface area contributed by atoms with E-state index in [1.54, 1.807) is 7.11 Å². The molecular formula is C14H20BrN3O2. The molecular weight excluding hydrogens is 322 g/mol. The van der Waals surface area contributed by atoms with Crippen molar-refractivity contribution in [2.24, 2.45) is 0 Å². The lowest BCUT2D eigenvalue weighted by Crippen LogP contribution is -2.48. The standard InChI is InChI=1S/C14H20BrN3O2/c1-17-3-5-18(6-4-17)14(19)10-16-12-7-11(15)8-13(9-12)20-2/h7-9,16H,3-6,10H2,1-2H3. The molecule has 1 aromatic carbocycles. The van der Waals surface area contributed by atoms with Crippen LogP contribution in [0.1, 0.15) is 0 Å². The van der Waals surface area contributed by atoms with Crippen molar-refractivity contribution in [1.29, 1.82) is 0 Å². The van der Waals surface area contributed by atoms with Gasteiger partial charge in [-0.15, -0.1) is 0 Å². The van der Waals surface area contributed by atoms with Crippen LogP contribution in [0.2, 0.25) is 0 Å². The third-order valence-electron chi connectivity index (χ3n) is 3.41. The summed E-state index contributed by atoms with van der Waals surface area (Å²) in [6.07, 6.45) is 0. The van der Waals surface area contributed by atoms with Gasteiger partial charge in [-0.05, 0) is 19.2 Å². The van der Waals surface area contributed by atoms with Crippen molar-refractivity contribution in [3.63, 3.8) is 0 Å². The van der Waals surface area contributed by atoms with Crippen molar-refractivity contribution in [1.82, 2.24) is 9.80 Å². The molecule has 0 saturated carbocycles. The second kappa shape index (κ2) is 6.95. The Bertz CT molecular complexity index is 473. The van der Waals surface area contributed by atoms with E-state index < -0.39 is 0 Å². The number of ether oxygens (including phenoxy) is 1. The SMILES string of the molecule is COc1cc(Br)cc(NCC(=O)N2CCN(C)CC2)c1. The number of piperazine rings is 1. The van der Waals surface area contributed by atoms with E-state index in [4.69, 9.17) is 4.74 Å². The number of likely N-dealkylation sites (N-methyl/N-ethyl adjacent to an activating group) is 1. The Balaban J connectivity index is 1.88. The fraction of sp³-hybridized carbons (Fsp3) is 0.500. The summed E-state index contributed by atoms with van der Waals surface area (Å²) >= 11 is 3.42. The summed E-state index contributed by atoms with van der Waals surface area (Å²) in [4.78, 5) is 16.3. The first-order valence-corrected chi connectivity index (χ1v) is 7.42. The molecule has 0 radical (unpaired) electrons. The minimum atomic E-state index is 0.136. The molecule has 1 aliphatic rings. The van der Waals surface area contributed by atoms with Crippen LogP contribution >= 0.6 is 15.9 Å². The van der Waals surface area contributed by atoms with Gasteiger partial charge in [0.15, 0.2) is 0 Å². The third kappa shape index (κ3) is 4.11. The van der Waals surface area contributed by atoms with E-state index in [0.29, 0.717) is 6.54 Å². The van der Waals surface area contributed by atoms with Crippen molar-refractivity contribution in [3.8, 4) is 5.75 Å². The summed E-state index contributed by atoms with van der Waals surface area (Å²) in [7, 11) is 3.70. The average Bonchev–Trinajstić information content (AvgIpc) is 2.45. The van der Waals surface area contributed by atoms with Gasteiger partial charge in [0.25, 0.3) is 0 Å². The highest BCUT2D eigenvalue weighted by Gasteiger charge is 2.18. The van der Waals surface area contributed by atoms with Crippen LogP contribution in [-0.2, 0) is 4.79 Å². The van der Waals surface area contributed by atoms with Crippen molar-refractivity contribution in [3.05, 3.63) is 22.7 Å². The fourth-order valence-corrected chi connectivity index (χ4v) is 2.60. The normalized spacial score (nSPS) is 16.1. The van der Waals surface area contributed by atoms with Gasteiger partial charge in [0.1, 0.15) is 5.75 Å². The molecule has 0 aromatic heterocycles. The molecule has 1 heterocycles. The number of methoxy groups -OCH3 is 1. The number of carbonyl (C=O) groups excluding carboxylic acids is 1. The molecule has 1 saturated heterocycles. The zero-order valence-electron chi connectivity index (χ0n) is 11.9. The van der Waals surface area contributed by atoms with E-state index in [1.807, 2.05) is 23.1 Å². The molecule has 2 rings (SSSR count). The van der Waals surface area contributed by atoms with Crippen LogP contribution in [0, 0.1) is 0 Å². The Hall–Kier alpha value is -1.27. The monoisotopic (exact) mass is 341 g/mol. The number of hydrogen-bond donors (Lipinski definition) is 1. The summed E-state index contributed by atoms with van der Waals surface area (Å²) in [5, 5.41) is 3.15. The molecule has 1 N–H and O–H groups in total. The highest BCUT2D eigenvalue weighted by atomic mass is 79.9. The van der Waals surface area contributed by atoms with Crippen LogP contribution in [0.15, 0.2) is 22.7 Å². The number of rotatable bonds is 4. The van der Waals surface area contributed by atoms with Crippen molar-refractivity contribution < 1.29 is 9.53 Å². The smallest absolute Gasteiger partial charge is 0.241 e. The van der Waals surface area contributed by atoms with Gasteiger partial charge in [0.2, 0.25) is 5.91 Å². The fourth-order valence-electron chi connectivity index (χ4n) is 2.13. The highest BCUT2D eigenvalue weighted by molar-refractivity contribution is 9.10. The number of nitrogens with one attached hydrogen (secondary N) is 1. The number of halogens is 1. The molecule has 0 atom stereocenters. The quantitative estimate of drug-likeness (QED) is 0.904. The summed E-state index contributed by atoms with van der Waals surface area (Å²) in [5.41, 5.74) is 0.874. The Morgan fingerprint density at radius 2 is 2.00 bits per heavy atom. The number of hydrogen-bond acceptors (Lipinski definition) is 4. The highest BCUT2D eigenvalue weighted by Crippen LogP contribution is 2.24. The third-order valence-corrected chi connectivity index (χ3v) is 3.86. The summed E-state index contributed by atoms with van der Waals surface area (Å²) in [6, 6.07) is 5.69. The number of nitrogens with zero attached hydrogens (tertiary/aromatic N) is 2. The lowest BCUT2D eigenvalue weighted by Gasteiger charge is -2.32. The Labute approximate surface area is 128 Å². The second-order valence-electron chi connectivity index (χ2n) is 4.92. The van der Waals surface area contributed by atoms with Gasteiger partial charge in [0, 0.05) is 42.4 Å². The van der Waals surface area contributed by atoms with Crippen molar-refractivity contribution >= 4 is 27.5 Å². The van der Waals surface area contributed by atoms with E-state index in [-0.39, 0.29) is 5.91 Å². The van der Waals surface area contributed by atoms with Crippen LogP contribution in [0.5, 0.6) is 5.75 Å². The molecule has 110 valence electrons. The van der Waals surface area contributed by atoms with E-state index >= 15 is 0 Å². The Morgan fingerprint density at radius 3 is 2.65 bits per heavy atom. The van der Waals surface area contributed by atoms with E-state index in [0.717, 1.165) is 42.1 Å². The molecule has 0 spiro atoms. The van der Waals surface area contributed by atoms with E-state index in [9.17, 15) is 4.79 Å². The minimum Gasteiger partial charge on any atom is -0.497 e. The van der Waals surface area contributed by atoms with Gasteiger partial charge in [0.05, 0.1) is 13.7 Å². The maximum Gasteiger partial charge on any atom is 0.241 e. The van der Waals surface area contributed by atoms with Gasteiger partial charge < -0.3 is 19.9 Å². The number of benzene rings is 1. The number of amides is 1. The summed E-state index contributed by atoms with van der Waals surface area (Å²) in [5.74, 6) is 0.894. The first-order valence-electron chi connectivity index (χ1n) is 6.63. The van der Waals surface area contributed by atoms with E-state index in [2.05, 4.69) is 33.2 Å². The molecule has 0 aliphatic carbocycles. The Kier molecular flexibility index (Phi) is 5.25. The second-order valence-corrected chi connectivity index (χ2v) is 5.83. The van der Waals surface area contributed by atoms with Gasteiger partial charge in [-0.3, -0.25) is 4.79 Å². The van der Waals surface area contributed by atoms with Crippen molar-refractivity contribution in [2.75, 3.05) is 52.2 Å². The zero-order chi connectivity index (χ0) is 14.5. The first-order chi connectivity index (χ1) is 9.58. The van der Waals surface area contributed by atoms with Crippen molar-refractivity contribution in [2.45, 2.75) is 0 Å². The van der Waals surface area contributed by atoms with Gasteiger partial charge in [-0.25, -0.2) is 0 Å². The lowest BCUT2D eigenvalue weighted by atomic mass is 10.3. The molecule has 1 aromatic rings. The molecule has 20 heavy (non-hydrogen) atoms. The van der Waals surface area contributed by atoms with Crippen LogP contribution in [-0.4, -0.2) is 62.6 Å². The predicted octanol–water partition coefficient (Wildman–Crippen LogP) is 1.64. The first kappa shape index (κ1) is 15.1. The van der Waals surface area contributed by atoms with Gasteiger partial charge in [-0.1, -0.05) is 15.9 Å². The maximum absolute atomic E-state index is 12.1. The van der Waals surface area contributed by atoms with Crippen LogP contribution in [0.3, 0.4) is 0 Å². The van der Waals surface area contributed by atoms with Gasteiger partial charge in [-0.2, -0.15) is 0 Å². The lowest BCUT2D eigenvalue weighted by molar-refractivity contribution is -0.130. The van der Waals surface area contributed by atoms with E-state index in [1.165, 1.54) is 0 Å². The molecule has 1 fully saturated rings. The van der Waals surface area contributed by atoms with Crippen LogP contribution in [0.4, 0.5) is 5.69 Å². The largest absolute Gasteiger partial charge is 0.497 e. The minimum absolute atomic E-state index is 0.136. The molecule has 0 unspecified atom stereocenters. The number of carbonyl (C=O) groups is 1. The predicted molar refractivity (Wildman–Crippen MR) is 83.3 cm³/mol. The average molecular weight is 342 g/mol. The summed E-state index contributed by atoms with van der Waals surface area (Å²) < 4.78 is 6.12. The summed E-state index contributed by atoms with van der Waals surface area (Å²) in [6.45, 7) is 3.80. The van der Waals surface area contributed by atoms with Gasteiger partial charge >= 0.3 is 0 Å². The zero-order valence-corrected chi connectivity index (χ0v) is 13.4. The Morgan fingerprint density at radius 1 is 1.30 bits per heavy atom. The molecule has 1 amide bonds. The molecule has 0 bridgehead atoms.